The van der Waals surface area contributed by atoms with E-state index in [-0.39, 0.29) is 17.5 Å². The number of nitrogens with one attached hydrogen (secondary N) is 1. The molecule has 1 heterocycles. The van der Waals surface area contributed by atoms with Crippen molar-refractivity contribution in [1.82, 2.24) is 20.2 Å². The summed E-state index contributed by atoms with van der Waals surface area (Å²) in [7, 11) is 3.42. The van der Waals surface area contributed by atoms with Gasteiger partial charge in [-0.1, -0.05) is 24.3 Å². The summed E-state index contributed by atoms with van der Waals surface area (Å²) in [6.07, 6.45) is 1.47. The average Bonchev–Trinajstić information content (AvgIpc) is 2.65. The summed E-state index contributed by atoms with van der Waals surface area (Å²) in [6.45, 7) is 0.351. The maximum Gasteiger partial charge on any atom is 0.271 e. The third-order valence-corrected chi connectivity index (χ3v) is 3.74. The van der Waals surface area contributed by atoms with Crippen LogP contribution in [0.1, 0.15) is 26.4 Å². The van der Waals surface area contributed by atoms with Crippen molar-refractivity contribution in [1.29, 1.82) is 0 Å². The van der Waals surface area contributed by atoms with E-state index in [1.165, 1.54) is 11.1 Å². The van der Waals surface area contributed by atoms with Crippen LogP contribution in [0.15, 0.2) is 54.7 Å². The molecule has 0 spiro atoms. The molecule has 2 amide bonds. The first-order valence-corrected chi connectivity index (χ1v) is 7.85. The molecule has 0 saturated carbocycles. The first-order valence-electron chi connectivity index (χ1n) is 7.85. The number of amides is 2. The van der Waals surface area contributed by atoms with Gasteiger partial charge in [0, 0.05) is 26.2 Å². The normalized spacial score (nSPS) is 10.5. The molecule has 6 heteroatoms. The van der Waals surface area contributed by atoms with Crippen LogP contribution in [0.5, 0.6) is 0 Å². The van der Waals surface area contributed by atoms with E-state index in [1.807, 2.05) is 36.4 Å². The minimum absolute atomic E-state index is 0.0537. The second-order valence-electron chi connectivity index (χ2n) is 5.82. The lowest BCUT2D eigenvalue weighted by molar-refractivity contribution is 0.0827. The number of hydrogen-bond donors (Lipinski definition) is 1. The standard InChI is InChI=1S/C19H18N4O2/c1-23(2)19(25)14-9-7-13(8-10-14)11-21-18(24)17-12-20-15-5-3-4-6-16(15)22-17/h3-10,12H,11H2,1-2H3,(H,21,24). The molecular formula is C19H18N4O2. The molecule has 0 bridgehead atoms. The SMILES string of the molecule is CN(C)C(=O)c1ccc(CNC(=O)c2cnc3ccccc3n2)cc1. The van der Waals surface area contributed by atoms with Gasteiger partial charge in [0.1, 0.15) is 5.69 Å². The number of nitrogens with zero attached hydrogens (tertiary/aromatic N) is 3. The molecule has 0 unspecified atom stereocenters. The fourth-order valence-electron chi connectivity index (χ4n) is 2.36. The monoisotopic (exact) mass is 334 g/mol. The number of fused-ring (bicyclic) bond motifs is 1. The van der Waals surface area contributed by atoms with E-state index < -0.39 is 0 Å². The highest BCUT2D eigenvalue weighted by atomic mass is 16.2. The van der Waals surface area contributed by atoms with E-state index in [1.54, 1.807) is 26.2 Å². The van der Waals surface area contributed by atoms with Crippen molar-refractivity contribution < 1.29 is 9.59 Å². The molecular weight excluding hydrogens is 316 g/mol. The minimum Gasteiger partial charge on any atom is -0.347 e. The molecule has 0 aliphatic heterocycles. The van der Waals surface area contributed by atoms with Crippen LogP contribution < -0.4 is 5.32 Å². The Morgan fingerprint density at radius 2 is 1.68 bits per heavy atom. The molecule has 3 rings (SSSR count). The highest BCUT2D eigenvalue weighted by Gasteiger charge is 2.10. The third-order valence-electron chi connectivity index (χ3n) is 3.74. The lowest BCUT2D eigenvalue weighted by atomic mass is 10.1. The molecule has 1 N–H and O–H groups in total. The van der Waals surface area contributed by atoms with E-state index in [0.29, 0.717) is 17.6 Å². The van der Waals surface area contributed by atoms with Crippen molar-refractivity contribution in [3.05, 3.63) is 71.5 Å². The predicted molar refractivity (Wildman–Crippen MR) is 95.2 cm³/mol. The summed E-state index contributed by atoms with van der Waals surface area (Å²) in [4.78, 5) is 34.2. The number of aromatic nitrogens is 2. The summed E-state index contributed by atoms with van der Waals surface area (Å²) >= 11 is 0. The second-order valence-corrected chi connectivity index (χ2v) is 5.82. The van der Waals surface area contributed by atoms with Gasteiger partial charge >= 0.3 is 0 Å². The first kappa shape index (κ1) is 16.6. The maximum atomic E-state index is 12.3. The zero-order valence-electron chi connectivity index (χ0n) is 14.1. The highest BCUT2D eigenvalue weighted by Crippen LogP contribution is 2.09. The van der Waals surface area contributed by atoms with E-state index in [0.717, 1.165) is 11.1 Å². The van der Waals surface area contributed by atoms with Gasteiger partial charge in [0.25, 0.3) is 11.8 Å². The molecule has 25 heavy (non-hydrogen) atoms. The number of carbonyl (C=O) groups excluding carboxylic acids is 2. The third kappa shape index (κ3) is 3.80. The van der Waals surface area contributed by atoms with Crippen LogP contribution in [0.4, 0.5) is 0 Å². The van der Waals surface area contributed by atoms with Crippen molar-refractivity contribution >= 4 is 22.8 Å². The Labute approximate surface area is 145 Å². The molecule has 126 valence electrons. The highest BCUT2D eigenvalue weighted by molar-refractivity contribution is 5.94. The van der Waals surface area contributed by atoms with Crippen LogP contribution in [-0.4, -0.2) is 40.8 Å². The average molecular weight is 334 g/mol. The van der Waals surface area contributed by atoms with Gasteiger partial charge in [-0.2, -0.15) is 0 Å². The summed E-state index contributed by atoms with van der Waals surface area (Å²) in [6, 6.07) is 14.5. The quantitative estimate of drug-likeness (QED) is 0.794. The molecule has 1 aromatic heterocycles. The van der Waals surface area contributed by atoms with Gasteiger partial charge in [-0.05, 0) is 29.8 Å². The lowest BCUT2D eigenvalue weighted by Gasteiger charge is -2.11. The van der Waals surface area contributed by atoms with Crippen molar-refractivity contribution in [2.75, 3.05) is 14.1 Å². The van der Waals surface area contributed by atoms with Crippen LogP contribution in [0.2, 0.25) is 0 Å². The van der Waals surface area contributed by atoms with Crippen molar-refractivity contribution in [3.8, 4) is 0 Å². The van der Waals surface area contributed by atoms with Crippen molar-refractivity contribution in [2.24, 2.45) is 0 Å². The van der Waals surface area contributed by atoms with Gasteiger partial charge in [0.15, 0.2) is 0 Å². The molecule has 3 aromatic rings. The molecule has 0 atom stereocenters. The van der Waals surface area contributed by atoms with Crippen LogP contribution in [-0.2, 0) is 6.54 Å². The Morgan fingerprint density at radius 1 is 1.00 bits per heavy atom. The predicted octanol–water partition coefficient (Wildman–Crippen LogP) is 2.26. The molecule has 0 aliphatic rings. The molecule has 0 radical (unpaired) electrons. The van der Waals surface area contributed by atoms with E-state index in [9.17, 15) is 9.59 Å². The van der Waals surface area contributed by atoms with E-state index in [2.05, 4.69) is 15.3 Å². The van der Waals surface area contributed by atoms with Crippen LogP contribution >= 0.6 is 0 Å². The lowest BCUT2D eigenvalue weighted by Crippen LogP contribution is -2.24. The zero-order valence-corrected chi connectivity index (χ0v) is 14.1. The van der Waals surface area contributed by atoms with Gasteiger partial charge in [0.2, 0.25) is 0 Å². The Bertz CT molecular complexity index is 920. The largest absolute Gasteiger partial charge is 0.347 e. The van der Waals surface area contributed by atoms with Gasteiger partial charge in [0.05, 0.1) is 17.2 Å². The Morgan fingerprint density at radius 3 is 2.36 bits per heavy atom. The number of hydrogen-bond acceptors (Lipinski definition) is 4. The van der Waals surface area contributed by atoms with Gasteiger partial charge in [-0.3, -0.25) is 14.6 Å². The van der Waals surface area contributed by atoms with Crippen molar-refractivity contribution in [3.63, 3.8) is 0 Å². The first-order chi connectivity index (χ1) is 12.0. The van der Waals surface area contributed by atoms with E-state index in [4.69, 9.17) is 0 Å². The molecule has 6 nitrogen and oxygen atoms in total. The fraction of sp³-hybridized carbons (Fsp3) is 0.158. The molecule has 2 aromatic carbocycles. The summed E-state index contributed by atoms with van der Waals surface area (Å²) < 4.78 is 0. The summed E-state index contributed by atoms with van der Waals surface area (Å²) in [5, 5.41) is 2.81. The Hall–Kier alpha value is -3.28. The zero-order chi connectivity index (χ0) is 17.8. The molecule has 0 fully saturated rings. The van der Waals surface area contributed by atoms with Crippen molar-refractivity contribution in [2.45, 2.75) is 6.54 Å². The van der Waals surface area contributed by atoms with Gasteiger partial charge in [-0.15, -0.1) is 0 Å². The number of benzene rings is 2. The van der Waals surface area contributed by atoms with Gasteiger partial charge in [-0.25, -0.2) is 4.98 Å². The number of rotatable bonds is 4. The Kier molecular flexibility index (Phi) is 4.70. The Balaban J connectivity index is 1.66. The van der Waals surface area contributed by atoms with Crippen LogP contribution in [0, 0.1) is 0 Å². The number of carbonyl (C=O) groups is 2. The molecule has 0 aliphatic carbocycles. The molecule has 0 saturated heterocycles. The second kappa shape index (κ2) is 7.09. The smallest absolute Gasteiger partial charge is 0.271 e. The van der Waals surface area contributed by atoms with Gasteiger partial charge < -0.3 is 10.2 Å². The van der Waals surface area contributed by atoms with Crippen LogP contribution in [0.3, 0.4) is 0 Å². The summed E-state index contributed by atoms with van der Waals surface area (Å²) in [5.74, 6) is -0.339. The minimum atomic E-state index is -0.285. The summed E-state index contributed by atoms with van der Waals surface area (Å²) in [5.41, 5.74) is 3.22. The maximum absolute atomic E-state index is 12.3. The number of para-hydroxylation sites is 2. The van der Waals surface area contributed by atoms with Crippen LogP contribution in [0.25, 0.3) is 11.0 Å². The topological polar surface area (TPSA) is 75.2 Å². The van der Waals surface area contributed by atoms with E-state index >= 15 is 0 Å². The fourth-order valence-corrected chi connectivity index (χ4v) is 2.36.